The number of rotatable bonds is 3. The van der Waals surface area contributed by atoms with Gasteiger partial charge in [-0.05, 0) is 48.9 Å². The number of aryl methyl sites for hydroxylation is 2. The molecule has 0 N–H and O–H groups in total. The monoisotopic (exact) mass is 347 g/mol. The van der Waals surface area contributed by atoms with Crippen molar-refractivity contribution < 1.29 is 0 Å². The van der Waals surface area contributed by atoms with E-state index in [0.29, 0.717) is 0 Å². The average Bonchev–Trinajstić information content (AvgIpc) is 3.13. The Kier molecular flexibility index (Phi) is 3.97. The number of hydrogen-bond donors (Lipinski definition) is 0. The van der Waals surface area contributed by atoms with Crippen molar-refractivity contribution in [3.63, 3.8) is 0 Å². The fraction of sp³-hybridized carbons (Fsp3) is 0.158. The highest BCUT2D eigenvalue weighted by molar-refractivity contribution is 7.98. The van der Waals surface area contributed by atoms with E-state index in [4.69, 9.17) is 4.98 Å². The molecule has 4 aromatic rings. The molecule has 0 saturated heterocycles. The van der Waals surface area contributed by atoms with Gasteiger partial charge in [-0.3, -0.25) is 9.38 Å². The third kappa shape index (κ3) is 2.68. The average molecular weight is 347 g/mol. The standard InChI is InChI=1S/C19H17N5S/c1-12-4-5-15(10-13(12)2)16-17(14-6-8-20-9-7-14)22-19(25-3)24-11-21-23-18(16)24/h4-11H,1-3H3. The summed E-state index contributed by atoms with van der Waals surface area (Å²) in [6.07, 6.45) is 7.30. The molecule has 0 amide bonds. The largest absolute Gasteiger partial charge is 0.265 e. The zero-order valence-electron chi connectivity index (χ0n) is 14.3. The normalized spacial score (nSPS) is 11.2. The Morgan fingerprint density at radius 1 is 0.960 bits per heavy atom. The molecule has 3 heterocycles. The second-order valence-electron chi connectivity index (χ2n) is 5.88. The summed E-state index contributed by atoms with van der Waals surface area (Å²) in [7, 11) is 0. The summed E-state index contributed by atoms with van der Waals surface area (Å²) in [5.41, 5.74) is 7.32. The maximum atomic E-state index is 4.91. The van der Waals surface area contributed by atoms with Crippen molar-refractivity contribution in [1.29, 1.82) is 0 Å². The molecular weight excluding hydrogens is 330 g/mol. The maximum absolute atomic E-state index is 4.91. The number of benzene rings is 1. The lowest BCUT2D eigenvalue weighted by Crippen LogP contribution is -2.01. The van der Waals surface area contributed by atoms with Crippen molar-refractivity contribution in [2.75, 3.05) is 6.26 Å². The van der Waals surface area contributed by atoms with Crippen molar-refractivity contribution in [2.24, 2.45) is 0 Å². The molecule has 4 rings (SSSR count). The predicted molar refractivity (Wildman–Crippen MR) is 101 cm³/mol. The van der Waals surface area contributed by atoms with E-state index < -0.39 is 0 Å². The van der Waals surface area contributed by atoms with Crippen LogP contribution in [-0.2, 0) is 0 Å². The van der Waals surface area contributed by atoms with Crippen molar-refractivity contribution in [3.05, 3.63) is 60.2 Å². The fourth-order valence-electron chi connectivity index (χ4n) is 2.88. The molecule has 25 heavy (non-hydrogen) atoms. The number of thioether (sulfide) groups is 1. The summed E-state index contributed by atoms with van der Waals surface area (Å²) in [6.45, 7) is 4.24. The van der Waals surface area contributed by atoms with Gasteiger partial charge in [-0.15, -0.1) is 10.2 Å². The molecule has 0 radical (unpaired) electrons. The molecule has 0 unspecified atom stereocenters. The minimum Gasteiger partial charge on any atom is -0.265 e. The second-order valence-corrected chi connectivity index (χ2v) is 6.65. The van der Waals surface area contributed by atoms with Crippen LogP contribution in [0.15, 0.2) is 54.2 Å². The minimum atomic E-state index is 0.814. The lowest BCUT2D eigenvalue weighted by Gasteiger charge is -2.14. The lowest BCUT2D eigenvalue weighted by atomic mass is 9.97. The van der Waals surface area contributed by atoms with Crippen molar-refractivity contribution >= 4 is 17.4 Å². The minimum absolute atomic E-state index is 0.814. The molecule has 124 valence electrons. The van der Waals surface area contributed by atoms with Crippen LogP contribution < -0.4 is 0 Å². The van der Waals surface area contributed by atoms with Crippen LogP contribution in [0.2, 0.25) is 0 Å². The summed E-state index contributed by atoms with van der Waals surface area (Å²) in [6, 6.07) is 10.4. The van der Waals surface area contributed by atoms with Crippen LogP contribution in [0.5, 0.6) is 0 Å². The highest BCUT2D eigenvalue weighted by Crippen LogP contribution is 2.35. The van der Waals surface area contributed by atoms with Crippen LogP contribution in [0.4, 0.5) is 0 Å². The summed E-state index contributed by atoms with van der Waals surface area (Å²) in [5, 5.41) is 9.36. The SMILES string of the molecule is CSc1nc(-c2ccncc2)c(-c2ccc(C)c(C)c2)c2nncn12. The van der Waals surface area contributed by atoms with Crippen LogP contribution >= 0.6 is 11.8 Å². The maximum Gasteiger partial charge on any atom is 0.175 e. The van der Waals surface area contributed by atoms with E-state index in [1.165, 1.54) is 11.1 Å². The molecule has 5 nitrogen and oxygen atoms in total. The molecular formula is C19H17N5S. The Balaban J connectivity index is 2.10. The third-order valence-corrected chi connectivity index (χ3v) is 5.01. The highest BCUT2D eigenvalue weighted by Gasteiger charge is 2.18. The van der Waals surface area contributed by atoms with E-state index in [9.17, 15) is 0 Å². The second kappa shape index (κ2) is 6.29. The molecule has 0 spiro atoms. The Hall–Kier alpha value is -2.73. The Morgan fingerprint density at radius 3 is 2.48 bits per heavy atom. The summed E-state index contributed by atoms with van der Waals surface area (Å²) in [4.78, 5) is 9.04. The summed E-state index contributed by atoms with van der Waals surface area (Å²) < 4.78 is 1.94. The summed E-state index contributed by atoms with van der Waals surface area (Å²) in [5.74, 6) is 0. The first kappa shape index (κ1) is 15.8. The Bertz CT molecular complexity index is 1060. The Morgan fingerprint density at radius 2 is 1.76 bits per heavy atom. The lowest BCUT2D eigenvalue weighted by molar-refractivity contribution is 0.905. The van der Waals surface area contributed by atoms with Gasteiger partial charge >= 0.3 is 0 Å². The number of pyridine rings is 1. The highest BCUT2D eigenvalue weighted by atomic mass is 32.2. The van der Waals surface area contributed by atoms with E-state index in [1.807, 2.05) is 22.8 Å². The molecule has 0 aliphatic carbocycles. The first-order valence-corrected chi connectivity index (χ1v) is 9.17. The van der Waals surface area contributed by atoms with Crippen molar-refractivity contribution in [2.45, 2.75) is 19.0 Å². The van der Waals surface area contributed by atoms with Crippen LogP contribution in [-0.4, -0.2) is 30.8 Å². The topological polar surface area (TPSA) is 56.0 Å². The van der Waals surface area contributed by atoms with Crippen LogP contribution in [0.3, 0.4) is 0 Å². The van der Waals surface area contributed by atoms with Gasteiger partial charge in [0.25, 0.3) is 0 Å². The van der Waals surface area contributed by atoms with Crippen LogP contribution in [0.25, 0.3) is 28.0 Å². The van der Waals surface area contributed by atoms with Gasteiger partial charge in [0.15, 0.2) is 10.8 Å². The molecule has 0 fully saturated rings. The molecule has 0 bridgehead atoms. The fourth-order valence-corrected chi connectivity index (χ4v) is 3.40. The molecule has 0 saturated carbocycles. The first-order valence-electron chi connectivity index (χ1n) is 7.95. The van der Waals surface area contributed by atoms with Gasteiger partial charge in [-0.25, -0.2) is 4.98 Å². The van der Waals surface area contributed by atoms with E-state index >= 15 is 0 Å². The Labute approximate surface area is 150 Å². The first-order chi connectivity index (χ1) is 12.2. The van der Waals surface area contributed by atoms with Gasteiger partial charge in [-0.2, -0.15) is 0 Å². The van der Waals surface area contributed by atoms with Gasteiger partial charge in [0, 0.05) is 18.0 Å². The van der Waals surface area contributed by atoms with E-state index in [0.717, 1.165) is 33.2 Å². The van der Waals surface area contributed by atoms with E-state index in [2.05, 4.69) is 47.2 Å². The van der Waals surface area contributed by atoms with Gasteiger partial charge in [-0.1, -0.05) is 30.0 Å². The predicted octanol–water partition coefficient (Wildman–Crippen LogP) is 4.19. The number of nitrogens with zero attached hydrogens (tertiary/aromatic N) is 5. The molecule has 1 aromatic carbocycles. The van der Waals surface area contributed by atoms with E-state index in [1.54, 1.807) is 30.5 Å². The van der Waals surface area contributed by atoms with Crippen LogP contribution in [0, 0.1) is 13.8 Å². The van der Waals surface area contributed by atoms with Gasteiger partial charge in [0.1, 0.15) is 6.33 Å². The van der Waals surface area contributed by atoms with Crippen LogP contribution in [0.1, 0.15) is 11.1 Å². The zero-order valence-corrected chi connectivity index (χ0v) is 15.1. The van der Waals surface area contributed by atoms with Gasteiger partial charge in [0.05, 0.1) is 11.3 Å². The molecule has 0 atom stereocenters. The molecule has 3 aromatic heterocycles. The smallest absolute Gasteiger partial charge is 0.175 e. The van der Waals surface area contributed by atoms with Gasteiger partial charge < -0.3 is 0 Å². The van der Waals surface area contributed by atoms with Gasteiger partial charge in [0.2, 0.25) is 0 Å². The molecule has 0 aliphatic rings. The zero-order chi connectivity index (χ0) is 17.4. The number of hydrogen-bond acceptors (Lipinski definition) is 5. The third-order valence-electron chi connectivity index (χ3n) is 4.35. The summed E-state index contributed by atoms with van der Waals surface area (Å²) >= 11 is 1.58. The molecule has 0 aliphatic heterocycles. The molecule has 6 heteroatoms. The number of fused-ring (bicyclic) bond motifs is 1. The number of aromatic nitrogens is 5. The quantitative estimate of drug-likeness (QED) is 0.411. The van der Waals surface area contributed by atoms with Crippen molar-refractivity contribution in [1.82, 2.24) is 24.6 Å². The van der Waals surface area contributed by atoms with E-state index in [-0.39, 0.29) is 0 Å². The van der Waals surface area contributed by atoms with Crippen molar-refractivity contribution in [3.8, 4) is 22.4 Å².